The molecule has 0 aliphatic heterocycles. The first-order valence-electron chi connectivity index (χ1n) is 38.6. The number of allylic oxidation sites excluding steroid dienone is 10. The van der Waals surface area contributed by atoms with Gasteiger partial charge in [-0.25, -0.2) is 9.13 Å². The monoisotopic (exact) mass is 1400 g/mol. The van der Waals surface area contributed by atoms with Crippen LogP contribution in [0.25, 0.3) is 0 Å². The van der Waals surface area contributed by atoms with E-state index in [9.17, 15) is 43.2 Å². The van der Waals surface area contributed by atoms with Crippen molar-refractivity contribution in [2.24, 2.45) is 0 Å². The number of carbonyl (C=O) groups excluding carboxylic acids is 4. The summed E-state index contributed by atoms with van der Waals surface area (Å²) in [5, 5.41) is 10.6. The van der Waals surface area contributed by atoms with Crippen molar-refractivity contribution in [3.05, 3.63) is 60.8 Å². The van der Waals surface area contributed by atoms with E-state index in [2.05, 4.69) is 88.5 Å². The SMILES string of the molecule is CCCCCC/C=C\C=C/CCCCCCCC(=O)O[C@H](COC(=O)CCCCCCC/C=C\CCCCCC)COP(=O)(O)OC[C@H](O)COP(=O)(O)OC[C@@H](COC(=O)CCCCCCCCCCCCCCC)OC(=O)CCCCCCC/C=C\C=C/CCCCCC. The molecule has 560 valence electrons. The second-order valence-corrected chi connectivity index (χ2v) is 28.9. The lowest BCUT2D eigenvalue weighted by molar-refractivity contribution is -0.161. The predicted molar refractivity (Wildman–Crippen MR) is 390 cm³/mol. The van der Waals surface area contributed by atoms with E-state index >= 15 is 0 Å². The van der Waals surface area contributed by atoms with Gasteiger partial charge in [0.15, 0.2) is 12.2 Å². The fraction of sp³-hybridized carbons (Fsp3) is 0.818. The summed E-state index contributed by atoms with van der Waals surface area (Å²) in [7, 11) is -9.94. The van der Waals surface area contributed by atoms with E-state index in [1.807, 2.05) is 0 Å². The van der Waals surface area contributed by atoms with Crippen LogP contribution in [-0.2, 0) is 65.4 Å². The molecule has 0 aliphatic carbocycles. The Labute approximate surface area is 584 Å². The second kappa shape index (κ2) is 70.2. The Morgan fingerprint density at radius 1 is 0.292 bits per heavy atom. The van der Waals surface area contributed by atoms with E-state index in [0.29, 0.717) is 25.7 Å². The number of rotatable bonds is 73. The summed E-state index contributed by atoms with van der Waals surface area (Å²) in [5.41, 5.74) is 0. The van der Waals surface area contributed by atoms with E-state index in [1.165, 1.54) is 135 Å². The van der Waals surface area contributed by atoms with Gasteiger partial charge in [-0.2, -0.15) is 0 Å². The molecule has 0 fully saturated rings. The topological polar surface area (TPSA) is 237 Å². The van der Waals surface area contributed by atoms with E-state index in [4.69, 9.17) is 37.0 Å². The van der Waals surface area contributed by atoms with E-state index in [1.54, 1.807) is 0 Å². The Hall–Kier alpha value is -3.24. The molecular weight excluding hydrogens is 1260 g/mol. The van der Waals surface area contributed by atoms with Gasteiger partial charge in [0.1, 0.15) is 19.3 Å². The summed E-state index contributed by atoms with van der Waals surface area (Å²) >= 11 is 0. The number of phosphoric acid groups is 2. The second-order valence-electron chi connectivity index (χ2n) is 26.0. The predicted octanol–water partition coefficient (Wildman–Crippen LogP) is 21.9. The molecule has 3 N–H and O–H groups in total. The zero-order chi connectivity index (χ0) is 70.4. The van der Waals surface area contributed by atoms with Crippen molar-refractivity contribution in [2.45, 2.75) is 367 Å². The molecule has 0 aliphatic rings. The standard InChI is InChI=1S/C77H140O17P2/c1-5-9-13-17-21-25-29-33-35-39-43-47-51-55-59-63-76(81)93-72(67-87-74(79)61-57-53-49-45-41-37-31-27-23-19-15-11-7-3)69-91-95(83,84)89-65-71(78)66-90-96(85,86)92-70-73(68-88-75(80)62-58-54-50-46-42-38-32-28-24-20-16-12-8-4)94-77(82)64-60-56-52-48-44-40-36-34-30-26-22-18-14-10-6-2/h25-27,29-31,33-36,71-73,78H,5-24,28,32,37-70H2,1-4H3,(H,83,84)(H,85,86)/b29-25-,30-26-,31-27-,35-33-,36-34-/t71-,72+,73+/m0/s1. The molecule has 0 aromatic carbocycles. The van der Waals surface area contributed by atoms with Gasteiger partial charge in [-0.05, 0) is 103 Å². The van der Waals surface area contributed by atoms with Crippen LogP contribution >= 0.6 is 15.6 Å². The molecule has 0 saturated heterocycles. The van der Waals surface area contributed by atoms with Crippen LogP contribution in [0.3, 0.4) is 0 Å². The highest BCUT2D eigenvalue weighted by Gasteiger charge is 2.30. The number of phosphoric ester groups is 2. The number of hydrogen-bond acceptors (Lipinski definition) is 15. The summed E-state index contributed by atoms with van der Waals surface area (Å²) in [6, 6.07) is 0. The lowest BCUT2D eigenvalue weighted by Gasteiger charge is -2.21. The molecule has 0 heterocycles. The molecule has 17 nitrogen and oxygen atoms in total. The number of ether oxygens (including phenoxy) is 4. The van der Waals surface area contributed by atoms with Gasteiger partial charge in [0.25, 0.3) is 0 Å². The third-order valence-electron chi connectivity index (χ3n) is 16.5. The van der Waals surface area contributed by atoms with Crippen molar-refractivity contribution in [2.75, 3.05) is 39.6 Å². The quantitative estimate of drug-likeness (QED) is 0.0128. The smallest absolute Gasteiger partial charge is 0.462 e. The van der Waals surface area contributed by atoms with Crippen molar-refractivity contribution in [3.63, 3.8) is 0 Å². The largest absolute Gasteiger partial charge is 0.472 e. The van der Waals surface area contributed by atoms with Gasteiger partial charge in [-0.1, -0.05) is 281 Å². The van der Waals surface area contributed by atoms with E-state index < -0.39 is 97.5 Å². The van der Waals surface area contributed by atoms with Gasteiger partial charge in [0.05, 0.1) is 26.4 Å². The summed E-state index contributed by atoms with van der Waals surface area (Å²) in [6.45, 7) is 4.82. The Morgan fingerprint density at radius 2 is 0.510 bits per heavy atom. The number of esters is 4. The maximum absolute atomic E-state index is 13.1. The molecule has 96 heavy (non-hydrogen) atoms. The molecule has 0 aromatic rings. The number of aliphatic hydroxyl groups excluding tert-OH is 1. The first-order valence-corrected chi connectivity index (χ1v) is 41.6. The first kappa shape index (κ1) is 92.8. The van der Waals surface area contributed by atoms with Crippen molar-refractivity contribution in [1.29, 1.82) is 0 Å². The Morgan fingerprint density at radius 3 is 0.792 bits per heavy atom. The number of unbranched alkanes of at least 4 members (excludes halogenated alkanes) is 39. The van der Waals surface area contributed by atoms with Crippen molar-refractivity contribution < 1.29 is 80.2 Å². The van der Waals surface area contributed by atoms with Gasteiger partial charge in [-0.3, -0.25) is 37.3 Å². The fourth-order valence-electron chi connectivity index (χ4n) is 10.6. The van der Waals surface area contributed by atoms with Crippen LogP contribution in [0.4, 0.5) is 0 Å². The van der Waals surface area contributed by atoms with Crippen molar-refractivity contribution >= 4 is 39.5 Å². The van der Waals surface area contributed by atoms with Crippen molar-refractivity contribution in [1.82, 2.24) is 0 Å². The summed E-state index contributed by atoms with van der Waals surface area (Å²) in [6.07, 6.45) is 67.7. The molecule has 0 amide bonds. The summed E-state index contributed by atoms with van der Waals surface area (Å²) in [5.74, 6) is -2.19. The molecule has 0 spiro atoms. The van der Waals surface area contributed by atoms with Gasteiger partial charge >= 0.3 is 39.5 Å². The number of hydrogen-bond donors (Lipinski definition) is 3. The highest BCUT2D eigenvalue weighted by Crippen LogP contribution is 2.45. The maximum Gasteiger partial charge on any atom is 0.472 e. The maximum atomic E-state index is 13.1. The van der Waals surface area contributed by atoms with Crippen LogP contribution in [0.5, 0.6) is 0 Å². The average Bonchev–Trinajstić information content (AvgIpc) is 1.19. The zero-order valence-electron chi connectivity index (χ0n) is 61.1. The molecule has 19 heteroatoms. The lowest BCUT2D eigenvalue weighted by Crippen LogP contribution is -2.30. The van der Waals surface area contributed by atoms with E-state index in [-0.39, 0.29) is 25.7 Å². The molecule has 0 radical (unpaired) electrons. The first-order chi connectivity index (χ1) is 46.7. The third kappa shape index (κ3) is 69.2. The average molecular weight is 1400 g/mol. The van der Waals surface area contributed by atoms with Crippen LogP contribution in [-0.4, -0.2) is 96.7 Å². The van der Waals surface area contributed by atoms with Crippen LogP contribution in [0, 0.1) is 0 Å². The minimum atomic E-state index is -4.97. The Kier molecular flexibility index (Phi) is 67.8. The zero-order valence-corrected chi connectivity index (χ0v) is 62.8. The van der Waals surface area contributed by atoms with Crippen molar-refractivity contribution in [3.8, 4) is 0 Å². The minimum Gasteiger partial charge on any atom is -0.462 e. The molecule has 0 bridgehead atoms. The molecule has 0 saturated carbocycles. The number of carbonyl (C=O) groups is 4. The molecule has 0 aromatic heterocycles. The lowest BCUT2D eigenvalue weighted by atomic mass is 10.0. The van der Waals surface area contributed by atoms with E-state index in [0.717, 1.165) is 135 Å². The van der Waals surface area contributed by atoms with Crippen LogP contribution in [0.15, 0.2) is 60.8 Å². The van der Waals surface area contributed by atoms with Gasteiger partial charge in [0.2, 0.25) is 0 Å². The van der Waals surface area contributed by atoms with Gasteiger partial charge in [-0.15, -0.1) is 0 Å². The normalized spacial score (nSPS) is 14.3. The highest BCUT2D eigenvalue weighted by atomic mass is 31.2. The summed E-state index contributed by atoms with van der Waals surface area (Å²) in [4.78, 5) is 72.8. The minimum absolute atomic E-state index is 0.0792. The van der Waals surface area contributed by atoms with Crippen LogP contribution < -0.4 is 0 Å². The fourth-order valence-corrected chi connectivity index (χ4v) is 12.1. The van der Waals surface area contributed by atoms with Gasteiger partial charge < -0.3 is 33.8 Å². The molecule has 2 unspecified atom stereocenters. The van der Waals surface area contributed by atoms with Crippen LogP contribution in [0.2, 0.25) is 0 Å². The molecular formula is C77H140O17P2. The Balaban J connectivity index is 5.35. The molecule has 5 atom stereocenters. The van der Waals surface area contributed by atoms with Gasteiger partial charge in [0, 0.05) is 25.7 Å². The summed E-state index contributed by atoms with van der Waals surface area (Å²) < 4.78 is 68.4. The Bertz CT molecular complexity index is 2060. The third-order valence-corrected chi connectivity index (χ3v) is 18.4. The number of aliphatic hydroxyl groups is 1. The molecule has 0 rings (SSSR count). The highest BCUT2D eigenvalue weighted by molar-refractivity contribution is 7.47. The van der Waals surface area contributed by atoms with Crippen LogP contribution in [0.1, 0.15) is 349 Å².